The van der Waals surface area contributed by atoms with Crippen LogP contribution in [-0.2, 0) is 4.79 Å². The number of rotatable bonds is 11. The minimum absolute atomic E-state index is 0.0174. The van der Waals surface area contributed by atoms with Crippen molar-refractivity contribution < 1.29 is 28.5 Å². The maximum Gasteiger partial charge on any atom is 0.328 e. The number of nitrogens with zero attached hydrogens (tertiary/aromatic N) is 3. The van der Waals surface area contributed by atoms with Crippen molar-refractivity contribution in [3.63, 3.8) is 0 Å². The second kappa shape index (κ2) is 11.8. The van der Waals surface area contributed by atoms with Gasteiger partial charge in [-0.1, -0.05) is 30.6 Å². The summed E-state index contributed by atoms with van der Waals surface area (Å²) < 4.78 is 16.3. The van der Waals surface area contributed by atoms with Crippen molar-refractivity contribution in [1.29, 1.82) is 0 Å². The van der Waals surface area contributed by atoms with E-state index in [0.717, 1.165) is 6.42 Å². The number of benzene rings is 1. The molecule has 2 heterocycles. The molecule has 194 valence electrons. The van der Waals surface area contributed by atoms with Crippen LogP contribution in [0, 0.1) is 6.92 Å². The highest BCUT2D eigenvalue weighted by Gasteiger charge is 2.31. The highest BCUT2D eigenvalue weighted by molar-refractivity contribution is 6.01. The number of amides is 1. The molecule has 6 N–H and O–H groups in total. The SMILES string of the molecule is CCNC(=O)c1noc(-c2cc(C(C)C)c(O)cc2OC(=O)C(N)CCCCN)c1-c1noc(C)n1. The molecule has 0 bridgehead atoms. The molecule has 1 unspecified atom stereocenters. The van der Waals surface area contributed by atoms with E-state index in [1.807, 2.05) is 13.8 Å². The standard InChI is InChI=1S/C24H32N6O6/c1-5-27-23(32)20-19(22-28-13(4)35-30-22)21(36-29-20)15-10-14(12(2)3)17(31)11-18(15)34-24(33)16(26)8-6-7-9-25/h10-12,16,31H,5-9,25-26H2,1-4H3,(H,27,32). The van der Waals surface area contributed by atoms with Crippen molar-refractivity contribution in [2.24, 2.45) is 11.5 Å². The van der Waals surface area contributed by atoms with Gasteiger partial charge in [0.1, 0.15) is 23.1 Å². The van der Waals surface area contributed by atoms with E-state index in [9.17, 15) is 14.7 Å². The van der Waals surface area contributed by atoms with E-state index in [4.69, 9.17) is 25.3 Å². The fourth-order valence-corrected chi connectivity index (χ4v) is 3.60. The van der Waals surface area contributed by atoms with Crippen LogP contribution in [0.4, 0.5) is 0 Å². The molecule has 1 aromatic carbocycles. The van der Waals surface area contributed by atoms with Crippen LogP contribution >= 0.6 is 0 Å². The van der Waals surface area contributed by atoms with E-state index >= 15 is 0 Å². The Labute approximate surface area is 208 Å². The molecular weight excluding hydrogens is 468 g/mol. The number of hydrogen-bond donors (Lipinski definition) is 4. The number of nitrogens with two attached hydrogens (primary N) is 2. The van der Waals surface area contributed by atoms with Gasteiger partial charge in [0.15, 0.2) is 11.5 Å². The summed E-state index contributed by atoms with van der Waals surface area (Å²) in [5, 5.41) is 21.2. The van der Waals surface area contributed by atoms with E-state index in [-0.39, 0.29) is 51.7 Å². The first-order valence-corrected chi connectivity index (χ1v) is 11.8. The molecule has 0 aliphatic rings. The smallest absolute Gasteiger partial charge is 0.328 e. The molecule has 12 heteroatoms. The largest absolute Gasteiger partial charge is 0.508 e. The molecule has 0 spiro atoms. The second-order valence-electron chi connectivity index (χ2n) is 8.61. The van der Waals surface area contributed by atoms with Gasteiger partial charge in [-0.05, 0) is 43.9 Å². The maximum absolute atomic E-state index is 12.8. The third-order valence-corrected chi connectivity index (χ3v) is 5.47. The second-order valence-corrected chi connectivity index (χ2v) is 8.61. The number of aromatic nitrogens is 3. The van der Waals surface area contributed by atoms with Crippen LogP contribution in [-0.4, -0.2) is 51.4 Å². The number of phenolic OH excluding ortho intramolecular Hbond substituents is 1. The third-order valence-electron chi connectivity index (χ3n) is 5.47. The molecule has 3 aromatic rings. The first kappa shape index (κ1) is 26.8. The molecule has 1 amide bonds. The fraction of sp³-hybridized carbons (Fsp3) is 0.458. The van der Waals surface area contributed by atoms with Crippen LogP contribution in [0.2, 0.25) is 0 Å². The van der Waals surface area contributed by atoms with Gasteiger partial charge in [0.2, 0.25) is 11.7 Å². The normalized spacial score (nSPS) is 12.1. The highest BCUT2D eigenvalue weighted by Crippen LogP contribution is 2.43. The van der Waals surface area contributed by atoms with Crippen LogP contribution in [0.1, 0.15) is 67.9 Å². The topological polar surface area (TPSA) is 193 Å². The molecular formula is C24H32N6O6. The van der Waals surface area contributed by atoms with Crippen molar-refractivity contribution in [2.45, 2.75) is 58.9 Å². The molecule has 0 saturated heterocycles. The van der Waals surface area contributed by atoms with Gasteiger partial charge >= 0.3 is 5.97 Å². The molecule has 2 aromatic heterocycles. The minimum Gasteiger partial charge on any atom is -0.508 e. The van der Waals surface area contributed by atoms with Crippen molar-refractivity contribution in [1.82, 2.24) is 20.6 Å². The van der Waals surface area contributed by atoms with Crippen LogP contribution < -0.4 is 21.5 Å². The number of ether oxygens (including phenoxy) is 1. The van der Waals surface area contributed by atoms with E-state index in [1.54, 1.807) is 19.9 Å². The molecule has 0 fully saturated rings. The molecule has 3 rings (SSSR count). The Morgan fingerprint density at radius 1 is 1.19 bits per heavy atom. The Hall–Kier alpha value is -3.77. The zero-order valence-electron chi connectivity index (χ0n) is 20.8. The lowest BCUT2D eigenvalue weighted by Gasteiger charge is -2.16. The minimum atomic E-state index is -0.892. The average molecular weight is 501 g/mol. The number of phenols is 1. The maximum atomic E-state index is 12.8. The van der Waals surface area contributed by atoms with Gasteiger partial charge in [-0.3, -0.25) is 4.79 Å². The lowest BCUT2D eigenvalue weighted by molar-refractivity contribution is -0.136. The van der Waals surface area contributed by atoms with Gasteiger partial charge in [-0.25, -0.2) is 4.79 Å². The summed E-state index contributed by atoms with van der Waals surface area (Å²) in [5.74, 6) is -0.974. The van der Waals surface area contributed by atoms with Crippen molar-refractivity contribution in [3.05, 3.63) is 29.3 Å². The molecule has 12 nitrogen and oxygen atoms in total. The van der Waals surface area contributed by atoms with Crippen molar-refractivity contribution >= 4 is 11.9 Å². The van der Waals surface area contributed by atoms with Crippen LogP contribution in [0.5, 0.6) is 11.5 Å². The highest BCUT2D eigenvalue weighted by atomic mass is 16.5. The fourth-order valence-electron chi connectivity index (χ4n) is 3.60. The first-order valence-electron chi connectivity index (χ1n) is 11.8. The van der Waals surface area contributed by atoms with Gasteiger partial charge in [-0.2, -0.15) is 4.98 Å². The summed E-state index contributed by atoms with van der Waals surface area (Å²) in [6.45, 7) is 8.00. The summed E-state index contributed by atoms with van der Waals surface area (Å²) in [6.07, 6.45) is 1.78. The zero-order chi connectivity index (χ0) is 26.4. The number of esters is 1. The Bertz CT molecular complexity index is 1220. The number of unbranched alkanes of at least 4 members (excludes halogenated alkanes) is 1. The molecule has 0 radical (unpaired) electrons. The molecule has 0 aliphatic heterocycles. The van der Waals surface area contributed by atoms with Crippen LogP contribution in [0.3, 0.4) is 0 Å². The monoisotopic (exact) mass is 500 g/mol. The van der Waals surface area contributed by atoms with Gasteiger partial charge in [0.05, 0.1) is 5.56 Å². The number of hydrogen-bond acceptors (Lipinski definition) is 11. The Morgan fingerprint density at radius 2 is 1.94 bits per heavy atom. The predicted octanol–water partition coefficient (Wildman–Crippen LogP) is 2.64. The van der Waals surface area contributed by atoms with Gasteiger partial charge in [0.25, 0.3) is 5.91 Å². The summed E-state index contributed by atoms with van der Waals surface area (Å²) in [4.78, 5) is 29.7. The van der Waals surface area contributed by atoms with E-state index in [0.29, 0.717) is 31.5 Å². The number of aryl methyl sites for hydroxylation is 1. The number of nitrogens with one attached hydrogen (secondary N) is 1. The molecule has 0 saturated carbocycles. The molecule has 0 aliphatic carbocycles. The lowest BCUT2D eigenvalue weighted by atomic mass is 9.96. The average Bonchev–Trinajstić information content (AvgIpc) is 3.45. The first-order chi connectivity index (χ1) is 17.2. The molecule has 1 atom stereocenters. The summed E-state index contributed by atoms with van der Waals surface area (Å²) >= 11 is 0. The number of carbonyl (C=O) groups is 2. The third kappa shape index (κ3) is 5.89. The summed E-state index contributed by atoms with van der Waals surface area (Å²) in [6, 6.07) is 2.03. The van der Waals surface area contributed by atoms with Crippen molar-refractivity contribution in [2.75, 3.05) is 13.1 Å². The van der Waals surface area contributed by atoms with E-state index < -0.39 is 17.9 Å². The van der Waals surface area contributed by atoms with E-state index in [1.165, 1.54) is 6.07 Å². The molecule has 36 heavy (non-hydrogen) atoms. The van der Waals surface area contributed by atoms with E-state index in [2.05, 4.69) is 20.6 Å². The Kier molecular flexibility index (Phi) is 8.78. The Morgan fingerprint density at radius 3 is 2.56 bits per heavy atom. The zero-order valence-corrected chi connectivity index (χ0v) is 20.8. The van der Waals surface area contributed by atoms with Gasteiger partial charge < -0.3 is 35.7 Å². The predicted molar refractivity (Wildman–Crippen MR) is 130 cm³/mol. The quantitative estimate of drug-likeness (QED) is 0.172. The van der Waals surface area contributed by atoms with Gasteiger partial charge in [0, 0.05) is 19.5 Å². The Balaban J connectivity index is 2.15. The van der Waals surface area contributed by atoms with Gasteiger partial charge in [-0.15, -0.1) is 0 Å². The number of aromatic hydroxyl groups is 1. The van der Waals surface area contributed by atoms with Crippen molar-refractivity contribution in [3.8, 4) is 34.2 Å². The summed E-state index contributed by atoms with van der Waals surface area (Å²) in [5.41, 5.74) is 12.4. The number of carbonyl (C=O) groups excluding carboxylic acids is 2. The van der Waals surface area contributed by atoms with Crippen LogP contribution in [0.25, 0.3) is 22.7 Å². The lowest BCUT2D eigenvalue weighted by Crippen LogP contribution is -2.34. The summed E-state index contributed by atoms with van der Waals surface area (Å²) in [7, 11) is 0. The van der Waals surface area contributed by atoms with Crippen LogP contribution in [0.15, 0.2) is 21.2 Å².